The van der Waals surface area contributed by atoms with Crippen molar-refractivity contribution in [3.63, 3.8) is 0 Å². The first-order valence-electron chi connectivity index (χ1n) is 7.09. The Hall–Kier alpha value is -1.27. The Bertz CT molecular complexity index is 572. The van der Waals surface area contributed by atoms with Gasteiger partial charge >= 0.3 is 0 Å². The van der Waals surface area contributed by atoms with Gasteiger partial charge in [0.15, 0.2) is 0 Å². The van der Waals surface area contributed by atoms with Gasteiger partial charge in [-0.05, 0) is 37.3 Å². The number of nitrogens with two attached hydrogens (primary N) is 2. The summed E-state index contributed by atoms with van der Waals surface area (Å²) in [6.45, 7) is 4.04. The van der Waals surface area contributed by atoms with E-state index in [9.17, 15) is 8.42 Å². The summed E-state index contributed by atoms with van der Waals surface area (Å²) in [5.41, 5.74) is 7.07. The summed E-state index contributed by atoms with van der Waals surface area (Å²) in [5, 5.41) is 5.20. The molecule has 0 amide bonds. The highest BCUT2D eigenvalue weighted by atomic mass is 32.2. The average molecular weight is 297 g/mol. The number of hydrogen-bond donors (Lipinski definition) is 2. The topological polar surface area (TPSA) is 89.4 Å². The van der Waals surface area contributed by atoms with Crippen molar-refractivity contribution in [3.8, 4) is 0 Å². The van der Waals surface area contributed by atoms with Gasteiger partial charge in [0, 0.05) is 13.1 Å². The van der Waals surface area contributed by atoms with Crippen molar-refractivity contribution in [1.82, 2.24) is 0 Å². The molecular formula is C14H23N3O2S. The molecule has 1 fully saturated rings. The van der Waals surface area contributed by atoms with Crippen molar-refractivity contribution >= 4 is 21.4 Å². The first-order valence-corrected chi connectivity index (χ1v) is 8.64. The third-order valence-corrected chi connectivity index (χ3v) is 5.08. The molecule has 1 saturated heterocycles. The van der Waals surface area contributed by atoms with Crippen molar-refractivity contribution in [1.29, 1.82) is 0 Å². The van der Waals surface area contributed by atoms with Gasteiger partial charge in [-0.3, -0.25) is 0 Å². The molecule has 4 N–H and O–H groups in total. The molecule has 0 aromatic heterocycles. The molecule has 1 aromatic carbocycles. The molecule has 0 radical (unpaired) electrons. The summed E-state index contributed by atoms with van der Waals surface area (Å²) < 4.78 is 23.1. The number of sulfonamides is 1. The zero-order chi connectivity index (χ0) is 14.8. The fraction of sp³-hybridized carbons (Fsp3) is 0.571. The van der Waals surface area contributed by atoms with E-state index < -0.39 is 10.0 Å². The molecule has 0 bridgehead atoms. The maximum Gasteiger partial charge on any atom is 0.240 e. The molecule has 1 unspecified atom stereocenters. The van der Waals surface area contributed by atoms with Gasteiger partial charge in [0.2, 0.25) is 10.0 Å². The summed E-state index contributed by atoms with van der Waals surface area (Å²) >= 11 is 0. The van der Waals surface area contributed by atoms with Crippen LogP contribution in [-0.4, -0.2) is 21.5 Å². The second-order valence-corrected chi connectivity index (χ2v) is 6.96. The Morgan fingerprint density at radius 3 is 2.70 bits per heavy atom. The van der Waals surface area contributed by atoms with Crippen molar-refractivity contribution in [2.75, 3.05) is 23.7 Å². The smallest absolute Gasteiger partial charge is 0.240 e. The van der Waals surface area contributed by atoms with Crippen LogP contribution in [0.15, 0.2) is 23.1 Å². The van der Waals surface area contributed by atoms with Crippen LogP contribution in [0.5, 0.6) is 0 Å². The maximum atomic E-state index is 11.5. The number of para-hydroxylation sites is 1. The highest BCUT2D eigenvalue weighted by Crippen LogP contribution is 2.32. The lowest BCUT2D eigenvalue weighted by Gasteiger charge is -2.25. The molecule has 0 spiro atoms. The molecule has 0 aliphatic carbocycles. The number of primary sulfonamides is 1. The lowest BCUT2D eigenvalue weighted by atomic mass is 9.98. The minimum absolute atomic E-state index is 0.0197. The fourth-order valence-corrected chi connectivity index (χ4v) is 3.55. The van der Waals surface area contributed by atoms with E-state index in [0.717, 1.165) is 37.5 Å². The number of nitrogens with zero attached hydrogens (tertiary/aromatic N) is 1. The van der Waals surface area contributed by atoms with Gasteiger partial charge in [0.1, 0.15) is 4.90 Å². The monoisotopic (exact) mass is 297 g/mol. The van der Waals surface area contributed by atoms with E-state index in [2.05, 4.69) is 11.8 Å². The Kier molecular flexibility index (Phi) is 4.55. The van der Waals surface area contributed by atoms with Crippen LogP contribution in [0, 0.1) is 5.92 Å². The van der Waals surface area contributed by atoms with Gasteiger partial charge in [-0.25, -0.2) is 13.6 Å². The molecule has 5 nitrogen and oxygen atoms in total. The molecule has 1 aliphatic rings. The standard InChI is InChI=1S/C14H23N3O2S/c1-2-11-5-4-9-17(10-8-11)12-6-3-7-13(14(12)15)20(16,18)19/h3,6-7,11H,2,4-5,8-10,15H2,1H3,(H2,16,18,19). The van der Waals surface area contributed by atoms with Crippen LogP contribution < -0.4 is 15.8 Å². The zero-order valence-electron chi connectivity index (χ0n) is 11.9. The maximum absolute atomic E-state index is 11.5. The van der Waals surface area contributed by atoms with Crippen molar-refractivity contribution in [2.45, 2.75) is 37.5 Å². The Morgan fingerprint density at radius 2 is 2.05 bits per heavy atom. The number of nitrogen functional groups attached to an aromatic ring is 1. The summed E-state index contributed by atoms with van der Waals surface area (Å²) in [6.07, 6.45) is 4.65. The van der Waals surface area contributed by atoms with E-state index in [1.165, 1.54) is 18.9 Å². The third-order valence-electron chi connectivity index (χ3n) is 4.12. The minimum Gasteiger partial charge on any atom is -0.396 e. The van der Waals surface area contributed by atoms with Crippen LogP contribution in [0.25, 0.3) is 0 Å². The molecule has 1 atom stereocenters. The first-order chi connectivity index (χ1) is 9.43. The zero-order valence-corrected chi connectivity index (χ0v) is 12.7. The van der Waals surface area contributed by atoms with E-state index in [4.69, 9.17) is 10.9 Å². The number of hydrogen-bond acceptors (Lipinski definition) is 4. The molecule has 1 aromatic rings. The number of anilines is 2. The Balaban J connectivity index is 2.29. The lowest BCUT2D eigenvalue weighted by molar-refractivity contribution is 0.459. The first kappa shape index (κ1) is 15.1. The van der Waals surface area contributed by atoms with Gasteiger partial charge < -0.3 is 10.6 Å². The van der Waals surface area contributed by atoms with E-state index in [0.29, 0.717) is 0 Å². The van der Waals surface area contributed by atoms with Gasteiger partial charge in [-0.2, -0.15) is 0 Å². The molecule has 112 valence electrons. The molecular weight excluding hydrogens is 274 g/mol. The second kappa shape index (κ2) is 6.01. The van der Waals surface area contributed by atoms with Crippen LogP contribution in [0.2, 0.25) is 0 Å². The van der Waals surface area contributed by atoms with E-state index in [-0.39, 0.29) is 10.6 Å². The fourth-order valence-electron chi connectivity index (χ4n) is 2.87. The largest absolute Gasteiger partial charge is 0.396 e. The van der Waals surface area contributed by atoms with Crippen molar-refractivity contribution in [2.24, 2.45) is 11.1 Å². The van der Waals surface area contributed by atoms with Crippen LogP contribution in [0.1, 0.15) is 32.6 Å². The predicted molar refractivity (Wildman–Crippen MR) is 82.1 cm³/mol. The van der Waals surface area contributed by atoms with E-state index in [1.807, 2.05) is 6.07 Å². The average Bonchev–Trinajstić information content (AvgIpc) is 2.63. The Labute approximate surface area is 121 Å². The van der Waals surface area contributed by atoms with Gasteiger partial charge in [0.25, 0.3) is 0 Å². The van der Waals surface area contributed by atoms with Crippen LogP contribution in [-0.2, 0) is 10.0 Å². The number of rotatable bonds is 3. The van der Waals surface area contributed by atoms with Gasteiger partial charge in [0.05, 0.1) is 11.4 Å². The summed E-state index contributed by atoms with van der Waals surface area (Å²) in [6, 6.07) is 5.03. The van der Waals surface area contributed by atoms with Crippen LogP contribution in [0.3, 0.4) is 0 Å². The third kappa shape index (κ3) is 3.24. The van der Waals surface area contributed by atoms with E-state index >= 15 is 0 Å². The normalized spacial score (nSPS) is 20.7. The molecule has 1 heterocycles. The van der Waals surface area contributed by atoms with E-state index in [1.54, 1.807) is 6.07 Å². The predicted octanol–water partition coefficient (Wildman–Crippen LogP) is 1.93. The minimum atomic E-state index is -3.77. The molecule has 6 heteroatoms. The number of benzene rings is 1. The quantitative estimate of drug-likeness (QED) is 0.834. The van der Waals surface area contributed by atoms with Crippen LogP contribution >= 0.6 is 0 Å². The summed E-state index contributed by atoms with van der Waals surface area (Å²) in [7, 11) is -3.77. The van der Waals surface area contributed by atoms with Gasteiger partial charge in [-0.1, -0.05) is 19.4 Å². The Morgan fingerprint density at radius 1 is 1.30 bits per heavy atom. The SMILES string of the molecule is CCC1CCCN(c2cccc(S(N)(=O)=O)c2N)CC1. The highest BCUT2D eigenvalue weighted by molar-refractivity contribution is 7.89. The second-order valence-electron chi connectivity index (χ2n) is 5.43. The molecule has 20 heavy (non-hydrogen) atoms. The summed E-state index contributed by atoms with van der Waals surface area (Å²) in [4.78, 5) is 2.20. The van der Waals surface area contributed by atoms with Gasteiger partial charge in [-0.15, -0.1) is 0 Å². The highest BCUT2D eigenvalue weighted by Gasteiger charge is 2.21. The molecule has 2 rings (SSSR count). The van der Waals surface area contributed by atoms with Crippen molar-refractivity contribution in [3.05, 3.63) is 18.2 Å². The van der Waals surface area contributed by atoms with Crippen LogP contribution in [0.4, 0.5) is 11.4 Å². The molecule has 0 saturated carbocycles. The molecule has 1 aliphatic heterocycles. The van der Waals surface area contributed by atoms with Crippen molar-refractivity contribution < 1.29 is 8.42 Å². The summed E-state index contributed by atoms with van der Waals surface area (Å²) in [5.74, 6) is 0.752. The lowest BCUT2D eigenvalue weighted by Crippen LogP contribution is -2.26.